The van der Waals surface area contributed by atoms with Gasteiger partial charge in [0.1, 0.15) is 0 Å². The lowest BCUT2D eigenvalue weighted by atomic mass is 10.2. The van der Waals surface area contributed by atoms with Gasteiger partial charge in [-0.15, -0.1) is 0 Å². The molecular weight excluding hydrogens is 196 g/mol. The van der Waals surface area contributed by atoms with Crippen LogP contribution in [0.25, 0.3) is 0 Å². The first-order chi connectivity index (χ1) is 7.86. The molecule has 0 aliphatic heterocycles. The number of anilines is 1. The molecular formula is C14H16N2. The van der Waals surface area contributed by atoms with E-state index in [1.807, 2.05) is 30.3 Å². The van der Waals surface area contributed by atoms with Crippen molar-refractivity contribution in [3.63, 3.8) is 0 Å². The van der Waals surface area contributed by atoms with E-state index in [1.54, 1.807) is 0 Å². The third-order valence-electron chi connectivity index (χ3n) is 2.50. The van der Waals surface area contributed by atoms with Gasteiger partial charge in [-0.1, -0.05) is 48.5 Å². The molecule has 2 rings (SSSR count). The van der Waals surface area contributed by atoms with Gasteiger partial charge in [0, 0.05) is 6.54 Å². The Balaban J connectivity index is 1.87. The molecule has 0 aliphatic rings. The van der Waals surface area contributed by atoms with Crippen LogP contribution >= 0.6 is 0 Å². The quantitative estimate of drug-likeness (QED) is 0.761. The molecule has 0 radical (unpaired) electrons. The molecule has 82 valence electrons. The van der Waals surface area contributed by atoms with Gasteiger partial charge in [-0.2, -0.15) is 0 Å². The number of hydrogen-bond acceptors (Lipinski definition) is 2. The van der Waals surface area contributed by atoms with Crippen molar-refractivity contribution in [2.45, 2.75) is 13.5 Å². The zero-order valence-corrected chi connectivity index (χ0v) is 9.40. The second-order valence-corrected chi connectivity index (χ2v) is 3.78. The number of benzene rings is 2. The fourth-order valence-electron chi connectivity index (χ4n) is 1.55. The Labute approximate surface area is 96.3 Å². The van der Waals surface area contributed by atoms with Gasteiger partial charge in [0.25, 0.3) is 0 Å². The third-order valence-corrected chi connectivity index (χ3v) is 2.50. The minimum absolute atomic E-state index is 0.815. The molecule has 0 amide bonds. The van der Waals surface area contributed by atoms with Crippen molar-refractivity contribution in [3.8, 4) is 0 Å². The molecule has 0 saturated carbocycles. The van der Waals surface area contributed by atoms with E-state index in [-0.39, 0.29) is 0 Å². The van der Waals surface area contributed by atoms with E-state index in [0.29, 0.717) is 0 Å². The predicted octanol–water partition coefficient (Wildman–Crippen LogP) is 3.11. The minimum Gasteiger partial charge on any atom is -0.321 e. The number of aryl methyl sites for hydroxylation is 1. The first-order valence-corrected chi connectivity index (χ1v) is 5.45. The van der Waals surface area contributed by atoms with Crippen molar-refractivity contribution in [2.24, 2.45) is 0 Å². The molecule has 0 aliphatic carbocycles. The van der Waals surface area contributed by atoms with E-state index >= 15 is 0 Å². The Morgan fingerprint density at radius 3 is 2.31 bits per heavy atom. The molecule has 2 aromatic rings. The summed E-state index contributed by atoms with van der Waals surface area (Å²) >= 11 is 0. The second-order valence-electron chi connectivity index (χ2n) is 3.78. The molecule has 0 aromatic heterocycles. The van der Waals surface area contributed by atoms with Gasteiger partial charge in [-0.25, -0.2) is 5.43 Å². The molecule has 0 saturated heterocycles. The largest absolute Gasteiger partial charge is 0.321 e. The van der Waals surface area contributed by atoms with Gasteiger partial charge in [-0.05, 0) is 24.1 Å². The monoisotopic (exact) mass is 212 g/mol. The number of para-hydroxylation sites is 1. The van der Waals surface area contributed by atoms with Crippen LogP contribution in [0.1, 0.15) is 11.1 Å². The predicted molar refractivity (Wildman–Crippen MR) is 68.1 cm³/mol. The van der Waals surface area contributed by atoms with Crippen LogP contribution in [-0.4, -0.2) is 0 Å². The van der Waals surface area contributed by atoms with E-state index in [2.05, 4.69) is 42.0 Å². The highest BCUT2D eigenvalue weighted by Crippen LogP contribution is 2.11. The van der Waals surface area contributed by atoms with Gasteiger partial charge >= 0.3 is 0 Å². The Hall–Kier alpha value is -1.80. The number of hydrazine groups is 1. The van der Waals surface area contributed by atoms with Crippen LogP contribution in [0.3, 0.4) is 0 Å². The zero-order valence-electron chi connectivity index (χ0n) is 9.40. The molecule has 0 spiro atoms. The maximum atomic E-state index is 3.21. The summed E-state index contributed by atoms with van der Waals surface area (Å²) in [5.74, 6) is 0. The van der Waals surface area contributed by atoms with Crippen LogP contribution in [0, 0.1) is 6.92 Å². The van der Waals surface area contributed by atoms with Gasteiger partial charge in [0.15, 0.2) is 0 Å². The summed E-state index contributed by atoms with van der Waals surface area (Å²) in [4.78, 5) is 0. The van der Waals surface area contributed by atoms with Crippen LogP contribution in [0.4, 0.5) is 5.69 Å². The Kier molecular flexibility index (Phi) is 3.57. The van der Waals surface area contributed by atoms with E-state index in [9.17, 15) is 0 Å². The Morgan fingerprint density at radius 1 is 0.875 bits per heavy atom. The highest BCUT2D eigenvalue weighted by molar-refractivity contribution is 5.49. The van der Waals surface area contributed by atoms with E-state index in [1.165, 1.54) is 11.1 Å². The zero-order chi connectivity index (χ0) is 11.2. The lowest BCUT2D eigenvalue weighted by Gasteiger charge is -2.10. The van der Waals surface area contributed by atoms with Crippen LogP contribution in [0.5, 0.6) is 0 Å². The molecule has 16 heavy (non-hydrogen) atoms. The molecule has 0 heterocycles. The highest BCUT2D eigenvalue weighted by atomic mass is 15.3. The average Bonchev–Trinajstić information content (AvgIpc) is 2.33. The van der Waals surface area contributed by atoms with Gasteiger partial charge in [0.2, 0.25) is 0 Å². The summed E-state index contributed by atoms with van der Waals surface area (Å²) < 4.78 is 0. The van der Waals surface area contributed by atoms with E-state index in [4.69, 9.17) is 0 Å². The summed E-state index contributed by atoms with van der Waals surface area (Å²) in [6.07, 6.45) is 0. The number of hydrogen-bond donors (Lipinski definition) is 2. The summed E-state index contributed by atoms with van der Waals surface area (Å²) in [6.45, 7) is 2.90. The van der Waals surface area contributed by atoms with Crippen LogP contribution < -0.4 is 10.9 Å². The maximum absolute atomic E-state index is 3.21. The molecule has 2 aromatic carbocycles. The van der Waals surface area contributed by atoms with Crippen LogP contribution in [-0.2, 0) is 6.54 Å². The molecule has 0 fully saturated rings. The molecule has 2 nitrogen and oxygen atoms in total. The van der Waals surface area contributed by atoms with Crippen LogP contribution in [0.15, 0.2) is 54.6 Å². The Bertz CT molecular complexity index is 437. The lowest BCUT2D eigenvalue weighted by Crippen LogP contribution is -2.21. The fraction of sp³-hybridized carbons (Fsp3) is 0.143. The molecule has 0 bridgehead atoms. The van der Waals surface area contributed by atoms with Gasteiger partial charge in [-0.3, -0.25) is 0 Å². The molecule has 0 atom stereocenters. The molecule has 2 heteroatoms. The smallest absolute Gasteiger partial charge is 0.0516 e. The lowest BCUT2D eigenvalue weighted by molar-refractivity contribution is 0.800. The maximum Gasteiger partial charge on any atom is 0.0516 e. The Morgan fingerprint density at radius 2 is 1.56 bits per heavy atom. The minimum atomic E-state index is 0.815. The molecule has 2 N–H and O–H groups in total. The van der Waals surface area contributed by atoms with Crippen molar-refractivity contribution in [1.29, 1.82) is 0 Å². The van der Waals surface area contributed by atoms with Crippen LogP contribution in [0.2, 0.25) is 0 Å². The highest BCUT2D eigenvalue weighted by Gasteiger charge is 1.94. The summed E-state index contributed by atoms with van der Waals surface area (Å²) in [7, 11) is 0. The van der Waals surface area contributed by atoms with E-state index < -0.39 is 0 Å². The SMILES string of the molecule is Cc1ccccc1NNCc1ccccc1. The van der Waals surface area contributed by atoms with Crippen molar-refractivity contribution < 1.29 is 0 Å². The van der Waals surface area contributed by atoms with Crippen molar-refractivity contribution in [3.05, 3.63) is 65.7 Å². The molecule has 0 unspecified atom stereocenters. The van der Waals surface area contributed by atoms with E-state index in [0.717, 1.165) is 12.2 Å². The van der Waals surface area contributed by atoms with Crippen molar-refractivity contribution in [2.75, 3.05) is 5.43 Å². The van der Waals surface area contributed by atoms with Gasteiger partial charge in [0.05, 0.1) is 5.69 Å². The first-order valence-electron chi connectivity index (χ1n) is 5.45. The third kappa shape index (κ3) is 2.84. The summed E-state index contributed by atoms with van der Waals surface area (Å²) in [5.41, 5.74) is 10.0. The summed E-state index contributed by atoms with van der Waals surface area (Å²) in [6, 6.07) is 18.5. The normalized spacial score (nSPS) is 10.1. The van der Waals surface area contributed by atoms with Crippen molar-refractivity contribution in [1.82, 2.24) is 5.43 Å². The average molecular weight is 212 g/mol. The fourth-order valence-corrected chi connectivity index (χ4v) is 1.55. The second kappa shape index (κ2) is 5.33. The standard InChI is InChI=1S/C14H16N2/c1-12-7-5-6-10-14(12)16-15-11-13-8-3-2-4-9-13/h2-10,15-16H,11H2,1H3. The first kappa shape index (κ1) is 10.7. The number of rotatable bonds is 4. The summed E-state index contributed by atoms with van der Waals surface area (Å²) in [5, 5.41) is 0. The van der Waals surface area contributed by atoms with Gasteiger partial charge < -0.3 is 5.43 Å². The topological polar surface area (TPSA) is 24.1 Å². The number of nitrogens with one attached hydrogen (secondary N) is 2. The van der Waals surface area contributed by atoms with Crippen molar-refractivity contribution >= 4 is 5.69 Å².